The van der Waals surface area contributed by atoms with E-state index >= 15 is 0 Å². The number of ether oxygens (including phenoxy) is 3. The second kappa shape index (κ2) is 3.00. The molecule has 6 nitrogen and oxygen atoms in total. The molecule has 6 heteroatoms. The maximum Gasteiger partial charge on any atom is 0.311 e. The lowest BCUT2D eigenvalue weighted by atomic mass is 9.80. The number of esters is 2. The van der Waals surface area contributed by atoms with Crippen molar-refractivity contribution in [3.8, 4) is 0 Å². The first-order valence-corrected chi connectivity index (χ1v) is 5.88. The second-order valence-corrected chi connectivity index (χ2v) is 5.24. The third-order valence-corrected chi connectivity index (χ3v) is 4.45. The summed E-state index contributed by atoms with van der Waals surface area (Å²) in [7, 11) is 0. The van der Waals surface area contributed by atoms with Crippen molar-refractivity contribution >= 4 is 11.9 Å². The molecule has 4 rings (SSSR count). The molecule has 0 bridgehead atoms. The Morgan fingerprint density at radius 3 is 2.82 bits per heavy atom. The van der Waals surface area contributed by atoms with Gasteiger partial charge in [-0.2, -0.15) is 0 Å². The molecule has 3 saturated heterocycles. The van der Waals surface area contributed by atoms with Gasteiger partial charge in [-0.05, 0) is 12.3 Å². The molecule has 4 fully saturated rings. The molecule has 3 heterocycles. The van der Waals surface area contributed by atoms with Crippen molar-refractivity contribution in [2.45, 2.75) is 31.5 Å². The fourth-order valence-corrected chi connectivity index (χ4v) is 3.69. The molecule has 0 aromatic rings. The number of rotatable bonds is 0. The number of aliphatic hydroxyl groups excluding tert-OH is 1. The van der Waals surface area contributed by atoms with E-state index in [1.807, 2.05) is 0 Å². The van der Waals surface area contributed by atoms with E-state index < -0.39 is 18.5 Å². The van der Waals surface area contributed by atoms with Crippen molar-refractivity contribution in [1.29, 1.82) is 0 Å². The van der Waals surface area contributed by atoms with E-state index in [1.165, 1.54) is 0 Å². The Labute approximate surface area is 96.8 Å². The molecular formula is C11H12O6. The average Bonchev–Trinajstić information content (AvgIpc) is 2.90. The van der Waals surface area contributed by atoms with Crippen molar-refractivity contribution < 1.29 is 28.9 Å². The first kappa shape index (κ1) is 9.85. The number of aliphatic hydroxyl groups is 1. The summed E-state index contributed by atoms with van der Waals surface area (Å²) in [5, 5.41) is 9.75. The van der Waals surface area contributed by atoms with Crippen molar-refractivity contribution in [3.05, 3.63) is 0 Å². The Kier molecular flexibility index (Phi) is 1.74. The number of hydrogen-bond acceptors (Lipinski definition) is 6. The lowest BCUT2D eigenvalue weighted by Gasteiger charge is -2.32. The van der Waals surface area contributed by atoms with Crippen LogP contribution in [0.3, 0.4) is 0 Å². The normalized spacial score (nSPS) is 55.2. The Hall–Kier alpha value is -1.14. The zero-order valence-corrected chi connectivity index (χ0v) is 8.94. The lowest BCUT2D eigenvalue weighted by Crippen LogP contribution is -2.40. The monoisotopic (exact) mass is 240 g/mol. The van der Waals surface area contributed by atoms with E-state index in [0.717, 1.165) is 0 Å². The quantitative estimate of drug-likeness (QED) is 0.449. The zero-order valence-electron chi connectivity index (χ0n) is 8.94. The molecule has 3 aliphatic heterocycles. The van der Waals surface area contributed by atoms with Crippen LogP contribution in [0.2, 0.25) is 0 Å². The molecule has 7 atom stereocenters. The Balaban J connectivity index is 1.68. The number of cyclic esters (lactones) is 1. The highest BCUT2D eigenvalue weighted by Gasteiger charge is 2.66. The summed E-state index contributed by atoms with van der Waals surface area (Å²) in [4.78, 5) is 23.1. The van der Waals surface area contributed by atoms with E-state index in [4.69, 9.17) is 14.2 Å². The van der Waals surface area contributed by atoms with E-state index in [2.05, 4.69) is 0 Å². The third kappa shape index (κ3) is 1.22. The molecule has 1 aliphatic carbocycles. The minimum absolute atomic E-state index is 0.00810. The molecule has 92 valence electrons. The molecule has 0 aromatic heterocycles. The molecule has 1 saturated carbocycles. The summed E-state index contributed by atoms with van der Waals surface area (Å²) in [5.41, 5.74) is 0. The highest BCUT2D eigenvalue weighted by molar-refractivity contribution is 5.76. The van der Waals surface area contributed by atoms with E-state index in [1.54, 1.807) is 0 Å². The minimum atomic E-state index is -1.09. The molecular weight excluding hydrogens is 228 g/mol. The first-order valence-electron chi connectivity index (χ1n) is 5.88. The predicted molar refractivity (Wildman–Crippen MR) is 50.0 cm³/mol. The van der Waals surface area contributed by atoms with E-state index in [9.17, 15) is 14.7 Å². The minimum Gasteiger partial charge on any atom is -0.436 e. The van der Waals surface area contributed by atoms with Crippen LogP contribution in [0.5, 0.6) is 0 Å². The van der Waals surface area contributed by atoms with Crippen LogP contribution >= 0.6 is 0 Å². The van der Waals surface area contributed by atoms with Gasteiger partial charge in [0, 0.05) is 18.3 Å². The van der Waals surface area contributed by atoms with Crippen molar-refractivity contribution in [3.63, 3.8) is 0 Å². The van der Waals surface area contributed by atoms with E-state index in [0.29, 0.717) is 6.42 Å². The van der Waals surface area contributed by atoms with Gasteiger partial charge >= 0.3 is 11.9 Å². The largest absolute Gasteiger partial charge is 0.436 e. The topological polar surface area (TPSA) is 85.4 Å². The van der Waals surface area contributed by atoms with Gasteiger partial charge in [0.25, 0.3) is 0 Å². The van der Waals surface area contributed by atoms with Crippen LogP contribution in [-0.4, -0.2) is 35.7 Å². The fourth-order valence-electron chi connectivity index (χ4n) is 3.69. The number of hydrogen-bond donors (Lipinski definition) is 1. The van der Waals surface area contributed by atoms with Crippen LogP contribution in [0.15, 0.2) is 0 Å². The van der Waals surface area contributed by atoms with Crippen LogP contribution in [0.4, 0.5) is 0 Å². The second-order valence-electron chi connectivity index (χ2n) is 5.24. The number of carbonyl (C=O) groups excluding carboxylic acids is 2. The summed E-state index contributed by atoms with van der Waals surface area (Å²) in [6.45, 7) is 0. The average molecular weight is 240 g/mol. The van der Waals surface area contributed by atoms with Gasteiger partial charge in [0.15, 0.2) is 0 Å². The molecule has 0 amide bonds. The predicted octanol–water partition coefficient (Wildman–Crippen LogP) is -0.598. The fraction of sp³-hybridized carbons (Fsp3) is 0.818. The van der Waals surface area contributed by atoms with Gasteiger partial charge in [-0.1, -0.05) is 0 Å². The van der Waals surface area contributed by atoms with Crippen LogP contribution < -0.4 is 0 Å². The highest BCUT2D eigenvalue weighted by Crippen LogP contribution is 2.56. The summed E-state index contributed by atoms with van der Waals surface area (Å²) in [6.07, 6.45) is -0.793. The van der Waals surface area contributed by atoms with Crippen molar-refractivity contribution in [2.24, 2.45) is 23.7 Å². The Bertz CT molecular complexity index is 407. The third-order valence-electron chi connectivity index (χ3n) is 4.45. The molecule has 4 aliphatic rings. The summed E-state index contributed by atoms with van der Waals surface area (Å²) < 4.78 is 15.2. The summed E-state index contributed by atoms with van der Waals surface area (Å²) in [6, 6.07) is 0. The van der Waals surface area contributed by atoms with Crippen LogP contribution in [0.25, 0.3) is 0 Å². The van der Waals surface area contributed by atoms with Gasteiger partial charge in [-0.25, -0.2) is 0 Å². The van der Waals surface area contributed by atoms with Gasteiger partial charge in [0.2, 0.25) is 12.6 Å². The number of fused-ring (bicyclic) bond motifs is 5. The molecule has 1 N–H and O–H groups in total. The molecule has 6 unspecified atom stereocenters. The molecule has 0 radical (unpaired) electrons. The maximum absolute atomic E-state index is 11.7. The Morgan fingerprint density at radius 2 is 2.00 bits per heavy atom. The van der Waals surface area contributed by atoms with Crippen molar-refractivity contribution in [1.82, 2.24) is 0 Å². The van der Waals surface area contributed by atoms with Crippen LogP contribution in [0, 0.1) is 23.7 Å². The maximum atomic E-state index is 11.7. The Morgan fingerprint density at radius 1 is 1.18 bits per heavy atom. The highest BCUT2D eigenvalue weighted by atomic mass is 16.8. The van der Waals surface area contributed by atoms with Gasteiger partial charge < -0.3 is 19.3 Å². The van der Waals surface area contributed by atoms with Crippen LogP contribution in [-0.2, 0) is 23.8 Å². The first-order chi connectivity index (χ1) is 8.15. The molecule has 0 spiro atoms. The van der Waals surface area contributed by atoms with Gasteiger partial charge in [0.05, 0.1) is 5.92 Å². The standard InChI is InChI=1S/C11H12O6/c12-6-2-3-4(9(13)15-6)1-5-7(3)8-11(16-8)17-10(5)14/h3-5,7-9,11,13H,1-2H2/t3?,4?,5-,7?,8?,9?,11?/m0/s1. The summed E-state index contributed by atoms with van der Waals surface area (Å²) in [5.74, 6) is -1.07. The zero-order chi connectivity index (χ0) is 11.7. The summed E-state index contributed by atoms with van der Waals surface area (Å²) >= 11 is 0. The van der Waals surface area contributed by atoms with Gasteiger partial charge in [-0.3, -0.25) is 9.59 Å². The van der Waals surface area contributed by atoms with E-state index in [-0.39, 0.29) is 42.2 Å². The molecule has 17 heavy (non-hydrogen) atoms. The SMILES string of the molecule is O=C1CC2C(C[C@@H]3C(=O)OC4OC4C23)C(O)O1. The number of carbonyl (C=O) groups is 2. The van der Waals surface area contributed by atoms with Crippen molar-refractivity contribution in [2.75, 3.05) is 0 Å². The van der Waals surface area contributed by atoms with Gasteiger partial charge in [-0.15, -0.1) is 0 Å². The lowest BCUT2D eigenvalue weighted by molar-refractivity contribution is -0.195. The van der Waals surface area contributed by atoms with Crippen LogP contribution in [0.1, 0.15) is 12.8 Å². The smallest absolute Gasteiger partial charge is 0.311 e. The molecule has 0 aromatic carbocycles. The number of epoxide rings is 1. The van der Waals surface area contributed by atoms with Gasteiger partial charge in [0.1, 0.15) is 6.10 Å².